The summed E-state index contributed by atoms with van der Waals surface area (Å²) in [6.45, 7) is 5.22. The molecule has 3 aromatic rings. The second-order valence-electron chi connectivity index (χ2n) is 6.49. The number of urea groups is 1. The van der Waals surface area contributed by atoms with Crippen molar-refractivity contribution in [1.82, 2.24) is 20.1 Å². The summed E-state index contributed by atoms with van der Waals surface area (Å²) in [4.78, 5) is 18.8. The highest BCUT2D eigenvalue weighted by molar-refractivity contribution is 7.13. The molecule has 0 unspecified atom stereocenters. The summed E-state index contributed by atoms with van der Waals surface area (Å²) in [6, 6.07) is 7.50. The number of aryl methyl sites for hydroxylation is 2. The second-order valence-corrected chi connectivity index (χ2v) is 7.35. The summed E-state index contributed by atoms with van der Waals surface area (Å²) in [5, 5.41) is 13.9. The van der Waals surface area contributed by atoms with E-state index in [1.807, 2.05) is 43.5 Å². The zero-order valence-electron chi connectivity index (χ0n) is 15.7. The minimum atomic E-state index is -0.400. The standard InChI is InChI=1S/C19H21N5O3S/c1-3-16-22-23-17(27-16)15-10-24(8-9-26-15)19(25)21-14-6-4-13(5-7-14)18-20-12(2)11-28-18/h4-7,11,15H,3,8-10H2,1-2H3,(H,21,25)/t15-/m0/s1. The number of ether oxygens (including phenoxy) is 1. The van der Waals surface area contributed by atoms with Crippen molar-refractivity contribution in [3.63, 3.8) is 0 Å². The Morgan fingerprint density at radius 3 is 2.82 bits per heavy atom. The van der Waals surface area contributed by atoms with Crippen LogP contribution < -0.4 is 5.32 Å². The number of carbonyl (C=O) groups is 1. The van der Waals surface area contributed by atoms with E-state index in [9.17, 15) is 4.79 Å². The zero-order chi connectivity index (χ0) is 19.5. The van der Waals surface area contributed by atoms with E-state index in [0.717, 1.165) is 22.0 Å². The molecule has 1 saturated heterocycles. The van der Waals surface area contributed by atoms with Crippen LogP contribution in [-0.4, -0.2) is 45.8 Å². The van der Waals surface area contributed by atoms with Crippen LogP contribution in [-0.2, 0) is 11.2 Å². The number of anilines is 1. The number of rotatable bonds is 4. The first-order chi connectivity index (χ1) is 13.6. The molecule has 4 rings (SSSR count). The Labute approximate surface area is 166 Å². The lowest BCUT2D eigenvalue weighted by atomic mass is 10.2. The molecule has 146 valence electrons. The van der Waals surface area contributed by atoms with Crippen LogP contribution in [0.5, 0.6) is 0 Å². The SMILES string of the molecule is CCc1nnc([C@@H]2CN(C(=O)Nc3ccc(-c4nc(C)cs4)cc3)CCO2)o1. The normalized spacial score (nSPS) is 16.9. The average Bonchev–Trinajstić information content (AvgIpc) is 3.38. The Kier molecular flexibility index (Phi) is 5.36. The molecule has 9 heteroatoms. The number of morpholine rings is 1. The fourth-order valence-corrected chi connectivity index (χ4v) is 3.71. The number of aromatic nitrogens is 3. The van der Waals surface area contributed by atoms with Crippen LogP contribution in [0.15, 0.2) is 34.1 Å². The maximum absolute atomic E-state index is 12.6. The van der Waals surface area contributed by atoms with E-state index >= 15 is 0 Å². The van der Waals surface area contributed by atoms with Crippen LogP contribution in [0.4, 0.5) is 10.5 Å². The van der Waals surface area contributed by atoms with Crippen LogP contribution in [0.1, 0.15) is 30.5 Å². The third-order valence-electron chi connectivity index (χ3n) is 4.42. The van der Waals surface area contributed by atoms with Crippen molar-refractivity contribution in [2.75, 3.05) is 25.0 Å². The highest BCUT2D eigenvalue weighted by Gasteiger charge is 2.29. The number of carbonyl (C=O) groups excluding carboxylic acids is 1. The van der Waals surface area contributed by atoms with Crippen molar-refractivity contribution in [2.45, 2.75) is 26.4 Å². The Morgan fingerprint density at radius 2 is 2.14 bits per heavy atom. The minimum Gasteiger partial charge on any atom is -0.422 e. The molecule has 1 aliphatic heterocycles. The van der Waals surface area contributed by atoms with E-state index < -0.39 is 6.10 Å². The van der Waals surface area contributed by atoms with Gasteiger partial charge in [0.05, 0.1) is 13.2 Å². The van der Waals surface area contributed by atoms with Gasteiger partial charge in [-0.2, -0.15) is 0 Å². The van der Waals surface area contributed by atoms with E-state index in [1.165, 1.54) is 0 Å². The van der Waals surface area contributed by atoms with Gasteiger partial charge in [-0.15, -0.1) is 21.5 Å². The third kappa shape index (κ3) is 4.05. The topological polar surface area (TPSA) is 93.4 Å². The van der Waals surface area contributed by atoms with E-state index in [2.05, 4.69) is 20.5 Å². The lowest BCUT2D eigenvalue weighted by Gasteiger charge is -2.31. The predicted octanol–water partition coefficient (Wildman–Crippen LogP) is 3.67. The second kappa shape index (κ2) is 8.07. The molecule has 1 aromatic carbocycles. The molecular formula is C19H21N5O3S. The van der Waals surface area contributed by atoms with Gasteiger partial charge in [-0.1, -0.05) is 6.92 Å². The average molecular weight is 399 g/mol. The fraction of sp³-hybridized carbons (Fsp3) is 0.368. The van der Waals surface area contributed by atoms with Gasteiger partial charge in [0.1, 0.15) is 5.01 Å². The van der Waals surface area contributed by atoms with Gasteiger partial charge in [0, 0.05) is 35.3 Å². The highest BCUT2D eigenvalue weighted by atomic mass is 32.1. The Bertz CT molecular complexity index is 953. The van der Waals surface area contributed by atoms with Crippen molar-refractivity contribution >= 4 is 23.1 Å². The molecule has 3 heterocycles. The molecule has 0 saturated carbocycles. The molecule has 0 bridgehead atoms. The molecule has 28 heavy (non-hydrogen) atoms. The lowest BCUT2D eigenvalue weighted by Crippen LogP contribution is -2.44. The van der Waals surface area contributed by atoms with Gasteiger partial charge in [-0.25, -0.2) is 9.78 Å². The molecule has 1 N–H and O–H groups in total. The lowest BCUT2D eigenvalue weighted by molar-refractivity contribution is -0.0275. The van der Waals surface area contributed by atoms with Gasteiger partial charge < -0.3 is 19.4 Å². The van der Waals surface area contributed by atoms with E-state index in [1.54, 1.807) is 16.2 Å². The van der Waals surface area contributed by atoms with E-state index in [-0.39, 0.29) is 6.03 Å². The number of nitrogens with one attached hydrogen (secondary N) is 1. The number of hydrogen-bond donors (Lipinski definition) is 1. The number of hydrogen-bond acceptors (Lipinski definition) is 7. The first-order valence-corrected chi connectivity index (χ1v) is 10.0. The van der Waals surface area contributed by atoms with Crippen LogP contribution >= 0.6 is 11.3 Å². The summed E-state index contributed by atoms with van der Waals surface area (Å²) >= 11 is 1.61. The summed E-state index contributed by atoms with van der Waals surface area (Å²) in [6.07, 6.45) is 0.267. The summed E-state index contributed by atoms with van der Waals surface area (Å²) in [5.74, 6) is 0.980. The first-order valence-electron chi connectivity index (χ1n) is 9.14. The maximum Gasteiger partial charge on any atom is 0.322 e. The molecule has 0 radical (unpaired) electrons. The Morgan fingerprint density at radius 1 is 1.32 bits per heavy atom. The first kappa shape index (κ1) is 18.6. The minimum absolute atomic E-state index is 0.179. The van der Waals surface area contributed by atoms with Crippen molar-refractivity contribution in [3.05, 3.63) is 47.1 Å². The van der Waals surface area contributed by atoms with Crippen LogP contribution in [0.3, 0.4) is 0 Å². The quantitative estimate of drug-likeness (QED) is 0.719. The van der Waals surface area contributed by atoms with Gasteiger partial charge in [0.15, 0.2) is 6.10 Å². The van der Waals surface area contributed by atoms with E-state index in [4.69, 9.17) is 9.15 Å². The monoisotopic (exact) mass is 399 g/mol. The molecule has 0 spiro atoms. The summed E-state index contributed by atoms with van der Waals surface area (Å²) < 4.78 is 11.3. The predicted molar refractivity (Wildman–Crippen MR) is 105 cm³/mol. The molecular weight excluding hydrogens is 378 g/mol. The number of nitrogens with zero attached hydrogens (tertiary/aromatic N) is 4. The van der Waals surface area contributed by atoms with Gasteiger partial charge in [0.25, 0.3) is 0 Å². The maximum atomic E-state index is 12.6. The van der Waals surface area contributed by atoms with Gasteiger partial charge >= 0.3 is 6.03 Å². The van der Waals surface area contributed by atoms with Crippen molar-refractivity contribution in [3.8, 4) is 10.6 Å². The van der Waals surface area contributed by atoms with Gasteiger partial charge in [-0.3, -0.25) is 0 Å². The third-order valence-corrected chi connectivity index (χ3v) is 5.43. The number of amides is 2. The molecule has 0 aliphatic carbocycles. The molecule has 1 fully saturated rings. The van der Waals surface area contributed by atoms with Gasteiger partial charge in [0.2, 0.25) is 11.8 Å². The van der Waals surface area contributed by atoms with Crippen molar-refractivity contribution in [2.24, 2.45) is 0 Å². The molecule has 8 nitrogen and oxygen atoms in total. The fourth-order valence-electron chi connectivity index (χ4n) is 2.91. The zero-order valence-corrected chi connectivity index (χ0v) is 16.5. The smallest absolute Gasteiger partial charge is 0.322 e. The molecule has 1 aliphatic rings. The van der Waals surface area contributed by atoms with Crippen LogP contribution in [0.2, 0.25) is 0 Å². The Balaban J connectivity index is 1.38. The van der Waals surface area contributed by atoms with E-state index in [0.29, 0.717) is 37.9 Å². The number of thiazole rings is 1. The van der Waals surface area contributed by atoms with Crippen molar-refractivity contribution < 1.29 is 13.9 Å². The largest absolute Gasteiger partial charge is 0.422 e. The number of benzene rings is 1. The van der Waals surface area contributed by atoms with Crippen molar-refractivity contribution in [1.29, 1.82) is 0 Å². The molecule has 2 amide bonds. The van der Waals surface area contributed by atoms with Gasteiger partial charge in [-0.05, 0) is 31.2 Å². The summed E-state index contributed by atoms with van der Waals surface area (Å²) in [5.41, 5.74) is 2.77. The van der Waals surface area contributed by atoms with Crippen LogP contribution in [0.25, 0.3) is 10.6 Å². The summed E-state index contributed by atoms with van der Waals surface area (Å²) in [7, 11) is 0. The highest BCUT2D eigenvalue weighted by Crippen LogP contribution is 2.25. The Hall–Kier alpha value is -2.78. The van der Waals surface area contributed by atoms with Crippen LogP contribution in [0, 0.1) is 6.92 Å². The molecule has 2 aromatic heterocycles. The molecule has 1 atom stereocenters.